The minimum absolute atomic E-state index is 0. The third-order valence-corrected chi connectivity index (χ3v) is 0.549. The van der Waals surface area contributed by atoms with Gasteiger partial charge >= 0.3 is 35.8 Å². The molecule has 0 aliphatic heterocycles. The number of carboxylic acids is 6. The minimum atomic E-state index is -1.82. The molecular weight excluding hydrogens is 437 g/mol. The zero-order valence-electron chi connectivity index (χ0n) is 9.16. The maximum atomic E-state index is 9.10. The van der Waals surface area contributed by atoms with Crippen LogP contribution in [-0.2, 0) is 79.1 Å². The van der Waals surface area contributed by atoms with Crippen molar-refractivity contribution in [2.24, 2.45) is 0 Å². The molecule has 0 atom stereocenters. The first-order valence-electron chi connectivity index (χ1n) is 3.32. The van der Waals surface area contributed by atoms with Crippen LogP contribution in [0.15, 0.2) is 0 Å². The van der Waals surface area contributed by atoms with Gasteiger partial charge in [-0.3, -0.25) is 0 Å². The van der Waals surface area contributed by atoms with Crippen molar-refractivity contribution in [2.45, 2.75) is 0 Å². The van der Waals surface area contributed by atoms with E-state index in [0.29, 0.717) is 0 Å². The third kappa shape index (κ3) is 45.8. The van der Waals surface area contributed by atoms with Gasteiger partial charge in [0.2, 0.25) is 0 Å². The van der Waals surface area contributed by atoms with Gasteiger partial charge in [-0.15, -0.1) is 0 Å². The van der Waals surface area contributed by atoms with Crippen LogP contribution in [0.4, 0.5) is 0 Å². The molecule has 0 aromatic carbocycles. The summed E-state index contributed by atoms with van der Waals surface area (Å²) >= 11 is 0. The fraction of sp³-hybridized carbons (Fsp3) is 0. The smallest absolute Gasteiger partial charge is 0.414 e. The first-order valence-corrected chi connectivity index (χ1v) is 3.32. The van der Waals surface area contributed by atoms with E-state index in [0.717, 1.165) is 0 Å². The molecule has 0 heterocycles. The summed E-state index contributed by atoms with van der Waals surface area (Å²) in [5, 5.41) is 44.3. The van der Waals surface area contributed by atoms with Crippen molar-refractivity contribution >= 4 is 35.8 Å². The van der Waals surface area contributed by atoms with Crippen LogP contribution in [0.3, 0.4) is 0 Å². The topological polar surface area (TPSA) is 224 Å². The molecule has 0 aromatic heterocycles. The molecule has 0 saturated heterocycles. The van der Waals surface area contributed by atoms with Crippen LogP contribution in [0.2, 0.25) is 0 Å². The number of hydrogen-bond acceptors (Lipinski definition) is 6. The average molecular weight is 443 g/mol. The molecule has 2 radical (unpaired) electrons. The first-order chi connectivity index (χ1) is 7.93. The van der Waals surface area contributed by atoms with Gasteiger partial charge in [0, 0.05) is 50.3 Å². The van der Waals surface area contributed by atoms with Crippen LogP contribution in [0.25, 0.3) is 0 Å². The van der Waals surface area contributed by atoms with Gasteiger partial charge in [-0.25, -0.2) is 28.8 Å². The van der Waals surface area contributed by atoms with E-state index in [1.54, 1.807) is 0 Å². The molecule has 128 valence electrons. The first kappa shape index (κ1) is 36.6. The minimum Gasteiger partial charge on any atom is -0.473 e. The number of hydrogen-bond donors (Lipinski definition) is 6. The van der Waals surface area contributed by atoms with E-state index in [9.17, 15) is 0 Å². The molecule has 0 amide bonds. The Hall–Kier alpha value is -1.66. The van der Waals surface area contributed by atoms with Crippen LogP contribution in [0.1, 0.15) is 0 Å². The zero-order valence-corrected chi connectivity index (χ0v) is 12.4. The summed E-state index contributed by atoms with van der Waals surface area (Å²) in [6, 6.07) is 0. The second kappa shape index (κ2) is 20.7. The molecule has 15 heteroatoms. The average Bonchev–Trinajstić information content (AvgIpc) is 2.18. The van der Waals surface area contributed by atoms with Crippen molar-refractivity contribution < 1.29 is 110 Å². The second-order valence-corrected chi connectivity index (χ2v) is 1.83. The molecule has 0 aliphatic rings. The molecule has 0 spiro atoms. The number of carboxylic acid groups (broad SMARTS) is 6. The van der Waals surface area contributed by atoms with E-state index in [1.165, 1.54) is 0 Å². The number of rotatable bonds is 0. The van der Waals surface area contributed by atoms with Crippen LogP contribution < -0.4 is 0 Å². The summed E-state index contributed by atoms with van der Waals surface area (Å²) in [5.74, 6) is -10.9. The summed E-state index contributed by atoms with van der Waals surface area (Å²) in [6.07, 6.45) is 0. The molecule has 0 unspecified atom stereocenters. The Morgan fingerprint density at radius 2 is 0.476 bits per heavy atom. The maximum absolute atomic E-state index is 9.10. The molecule has 0 bridgehead atoms. The van der Waals surface area contributed by atoms with Gasteiger partial charge in [0.1, 0.15) is 0 Å². The summed E-state index contributed by atoms with van der Waals surface area (Å²) < 4.78 is 0. The van der Waals surface area contributed by atoms with Gasteiger partial charge in [-0.05, 0) is 0 Å². The predicted octanol–water partition coefficient (Wildman–Crippen LogP) is -2.54. The van der Waals surface area contributed by atoms with Gasteiger partial charge in [0.15, 0.2) is 0 Å². The fourth-order valence-electron chi connectivity index (χ4n) is 0. The van der Waals surface area contributed by atoms with E-state index in [4.69, 9.17) is 59.4 Å². The maximum Gasteiger partial charge on any atom is 0.414 e. The van der Waals surface area contributed by atoms with E-state index in [2.05, 4.69) is 0 Å². The normalized spacial score (nSPS) is 6.29. The Morgan fingerprint density at radius 3 is 0.476 bits per heavy atom. The second-order valence-electron chi connectivity index (χ2n) is 1.83. The van der Waals surface area contributed by atoms with Crippen LogP contribution in [-0.4, -0.2) is 66.5 Å². The Kier molecular flexibility index (Phi) is 36.0. The monoisotopic (exact) mass is 442 g/mol. The van der Waals surface area contributed by atoms with Gasteiger partial charge in [0.25, 0.3) is 0 Å². The van der Waals surface area contributed by atoms with Gasteiger partial charge in [-0.1, -0.05) is 0 Å². The summed E-state index contributed by atoms with van der Waals surface area (Å²) in [4.78, 5) is 54.6. The summed E-state index contributed by atoms with van der Waals surface area (Å²) in [7, 11) is 0. The molecule has 0 saturated carbocycles. The van der Waals surface area contributed by atoms with Gasteiger partial charge in [0.05, 0.1) is 0 Å². The van der Waals surface area contributed by atoms with Crippen LogP contribution in [0, 0.1) is 0 Å². The van der Waals surface area contributed by atoms with E-state index in [-0.39, 0.29) is 50.3 Å². The number of carbonyl (C=O) groups is 6. The van der Waals surface area contributed by atoms with Gasteiger partial charge in [-0.2, -0.15) is 0 Å². The Morgan fingerprint density at radius 1 is 0.429 bits per heavy atom. The van der Waals surface area contributed by atoms with Crippen LogP contribution in [0.5, 0.6) is 0 Å². The van der Waals surface area contributed by atoms with Crippen molar-refractivity contribution in [3.05, 3.63) is 0 Å². The van der Waals surface area contributed by atoms with Crippen molar-refractivity contribution in [2.75, 3.05) is 0 Å². The van der Waals surface area contributed by atoms with Crippen molar-refractivity contribution in [3.8, 4) is 0 Å². The van der Waals surface area contributed by atoms with Crippen molar-refractivity contribution in [3.63, 3.8) is 0 Å². The zero-order chi connectivity index (χ0) is 15.5. The van der Waals surface area contributed by atoms with E-state index >= 15 is 0 Å². The van der Waals surface area contributed by atoms with Gasteiger partial charge < -0.3 is 30.6 Å². The molecule has 21 heavy (non-hydrogen) atoms. The Balaban J connectivity index is -0.0000000375. The third-order valence-electron chi connectivity index (χ3n) is 0.549. The van der Waals surface area contributed by atoms with E-state index < -0.39 is 35.8 Å². The van der Waals surface area contributed by atoms with E-state index in [1.807, 2.05) is 0 Å². The van der Waals surface area contributed by atoms with Crippen molar-refractivity contribution in [1.82, 2.24) is 0 Å². The fourth-order valence-corrected chi connectivity index (χ4v) is 0. The molecular formula is C6H6CoMnNiO12. The molecule has 0 rings (SSSR count). The standard InChI is InChI=1S/3C2H2O4.Co.Mn.Ni/c3*3-1(4)2(5)6;;;/h3*(H,3,4)(H,5,6);;;. The predicted molar refractivity (Wildman–Crippen MR) is 45.8 cm³/mol. The Bertz CT molecular complexity index is 289. The number of aliphatic carboxylic acids is 6. The summed E-state index contributed by atoms with van der Waals surface area (Å²) in [5.41, 5.74) is 0. The Labute approximate surface area is 145 Å². The molecule has 6 N–H and O–H groups in total. The molecule has 0 aliphatic carbocycles. The quantitative estimate of drug-likeness (QED) is 0.168. The molecule has 12 nitrogen and oxygen atoms in total. The summed E-state index contributed by atoms with van der Waals surface area (Å²) in [6.45, 7) is 0. The van der Waals surface area contributed by atoms with Crippen LogP contribution >= 0.6 is 0 Å². The van der Waals surface area contributed by atoms with Crippen molar-refractivity contribution in [1.29, 1.82) is 0 Å². The SMILES string of the molecule is O=C(O)C(=O)O.O=C(O)C(=O)O.O=C(O)C(=O)O.[Co].[Mn].[Ni]. The molecule has 0 fully saturated rings. The largest absolute Gasteiger partial charge is 0.473 e. The molecule has 0 aromatic rings.